The first-order valence-electron chi connectivity index (χ1n) is 6.56. The molecule has 18 heavy (non-hydrogen) atoms. The second-order valence-electron chi connectivity index (χ2n) is 5.72. The molecule has 1 saturated heterocycles. The highest BCUT2D eigenvalue weighted by atomic mass is 16.2. The van der Waals surface area contributed by atoms with Gasteiger partial charge in [-0.15, -0.1) is 0 Å². The molecule has 5 nitrogen and oxygen atoms in total. The number of carbonyl (C=O) groups is 1. The summed E-state index contributed by atoms with van der Waals surface area (Å²) in [5.41, 5.74) is 5.12. The number of piperidine rings is 1. The van der Waals surface area contributed by atoms with E-state index in [1.807, 2.05) is 20.9 Å². The summed E-state index contributed by atoms with van der Waals surface area (Å²) in [7, 11) is 2.02. The molecule has 1 aliphatic heterocycles. The van der Waals surface area contributed by atoms with Crippen molar-refractivity contribution in [2.75, 3.05) is 20.1 Å². The van der Waals surface area contributed by atoms with E-state index in [9.17, 15) is 10.1 Å². The van der Waals surface area contributed by atoms with Gasteiger partial charge in [0.1, 0.15) is 5.54 Å². The van der Waals surface area contributed by atoms with Crippen LogP contribution in [0.1, 0.15) is 33.1 Å². The lowest BCUT2D eigenvalue weighted by Gasteiger charge is -2.36. The molecule has 1 heterocycles. The van der Waals surface area contributed by atoms with Crippen LogP contribution in [0, 0.1) is 17.2 Å². The van der Waals surface area contributed by atoms with Crippen molar-refractivity contribution in [3.63, 3.8) is 0 Å². The van der Waals surface area contributed by atoms with Gasteiger partial charge >= 0.3 is 0 Å². The van der Waals surface area contributed by atoms with Gasteiger partial charge in [-0.3, -0.25) is 4.79 Å². The molecule has 1 amide bonds. The zero-order valence-corrected chi connectivity index (χ0v) is 11.6. The van der Waals surface area contributed by atoms with Crippen LogP contribution < -0.4 is 11.1 Å². The molecule has 1 rings (SSSR count). The molecule has 0 aromatic rings. The maximum absolute atomic E-state index is 12.0. The van der Waals surface area contributed by atoms with E-state index < -0.39 is 11.6 Å². The van der Waals surface area contributed by atoms with Crippen molar-refractivity contribution >= 4 is 5.91 Å². The molecule has 1 atom stereocenters. The number of rotatable bonds is 4. The topological polar surface area (TPSA) is 82.1 Å². The van der Waals surface area contributed by atoms with Gasteiger partial charge in [0.2, 0.25) is 5.91 Å². The zero-order valence-electron chi connectivity index (χ0n) is 11.6. The van der Waals surface area contributed by atoms with E-state index in [0.29, 0.717) is 25.2 Å². The Labute approximate surface area is 109 Å². The number of likely N-dealkylation sites (tertiary alicyclic amines) is 1. The molecule has 0 aromatic heterocycles. The summed E-state index contributed by atoms with van der Waals surface area (Å²) in [5.74, 6) is 0.177. The van der Waals surface area contributed by atoms with Crippen LogP contribution in [-0.2, 0) is 4.79 Å². The van der Waals surface area contributed by atoms with Crippen LogP contribution in [0.3, 0.4) is 0 Å². The Morgan fingerprint density at radius 2 is 2.06 bits per heavy atom. The predicted molar refractivity (Wildman–Crippen MR) is 70.6 cm³/mol. The predicted octanol–water partition coefficient (Wildman–Crippen LogP) is 0.464. The molecule has 3 N–H and O–H groups in total. The highest BCUT2D eigenvalue weighted by molar-refractivity contribution is 5.82. The van der Waals surface area contributed by atoms with Crippen molar-refractivity contribution in [2.24, 2.45) is 11.7 Å². The van der Waals surface area contributed by atoms with Crippen LogP contribution in [-0.4, -0.2) is 42.5 Å². The molecule has 1 unspecified atom stereocenters. The number of hydrogen-bond donors (Lipinski definition) is 2. The van der Waals surface area contributed by atoms with Gasteiger partial charge in [0.15, 0.2) is 0 Å². The number of nitriles is 1. The summed E-state index contributed by atoms with van der Waals surface area (Å²) in [6.07, 6.45) is 1.98. The second kappa shape index (κ2) is 6.17. The Hall–Kier alpha value is -1.12. The lowest BCUT2D eigenvalue weighted by Crippen LogP contribution is -2.57. The third kappa shape index (κ3) is 3.97. The highest BCUT2D eigenvalue weighted by Crippen LogP contribution is 2.21. The van der Waals surface area contributed by atoms with E-state index >= 15 is 0 Å². The molecule has 0 bridgehead atoms. The standard InChI is InChI=1S/C13H24N4O/c1-10(2)8-11(15)12(18)16-13(9-14)4-6-17(3)7-5-13/h10-11H,4-8,15H2,1-3H3,(H,16,18). The van der Waals surface area contributed by atoms with E-state index in [1.54, 1.807) is 0 Å². The minimum Gasteiger partial charge on any atom is -0.336 e. The fourth-order valence-corrected chi connectivity index (χ4v) is 2.21. The van der Waals surface area contributed by atoms with Gasteiger partial charge in [0.05, 0.1) is 12.1 Å². The molecule has 1 fully saturated rings. The first-order chi connectivity index (χ1) is 8.38. The quantitative estimate of drug-likeness (QED) is 0.761. The van der Waals surface area contributed by atoms with Gasteiger partial charge in [-0.2, -0.15) is 5.26 Å². The van der Waals surface area contributed by atoms with Crippen molar-refractivity contribution in [1.29, 1.82) is 5.26 Å². The summed E-state index contributed by atoms with van der Waals surface area (Å²) < 4.78 is 0. The summed E-state index contributed by atoms with van der Waals surface area (Å²) in [6, 6.07) is 1.74. The van der Waals surface area contributed by atoms with Crippen LogP contribution in [0.5, 0.6) is 0 Å². The molecule has 0 spiro atoms. The van der Waals surface area contributed by atoms with Crippen molar-refractivity contribution in [2.45, 2.75) is 44.7 Å². The van der Waals surface area contributed by atoms with Crippen LogP contribution >= 0.6 is 0 Å². The molecule has 0 saturated carbocycles. The lowest BCUT2D eigenvalue weighted by molar-refractivity contribution is -0.124. The van der Waals surface area contributed by atoms with Crippen molar-refractivity contribution in [1.82, 2.24) is 10.2 Å². The van der Waals surface area contributed by atoms with Gasteiger partial charge in [-0.1, -0.05) is 13.8 Å². The maximum atomic E-state index is 12.0. The summed E-state index contributed by atoms with van der Waals surface area (Å²) in [6.45, 7) is 5.71. The fourth-order valence-electron chi connectivity index (χ4n) is 2.21. The summed E-state index contributed by atoms with van der Waals surface area (Å²) in [4.78, 5) is 14.2. The first kappa shape index (κ1) is 14.9. The number of amides is 1. The molecule has 0 aliphatic carbocycles. The zero-order chi connectivity index (χ0) is 13.8. The third-order valence-corrected chi connectivity index (χ3v) is 3.48. The van der Waals surface area contributed by atoms with E-state index in [-0.39, 0.29) is 5.91 Å². The van der Waals surface area contributed by atoms with E-state index in [4.69, 9.17) is 5.73 Å². The van der Waals surface area contributed by atoms with Crippen LogP contribution in [0.15, 0.2) is 0 Å². The maximum Gasteiger partial charge on any atom is 0.238 e. The first-order valence-corrected chi connectivity index (χ1v) is 6.56. The Balaban J connectivity index is 2.58. The van der Waals surface area contributed by atoms with E-state index in [2.05, 4.69) is 16.3 Å². The smallest absolute Gasteiger partial charge is 0.238 e. The Kier molecular flexibility index (Phi) is 5.12. The van der Waals surface area contributed by atoms with Crippen LogP contribution in [0.25, 0.3) is 0 Å². The molecule has 5 heteroatoms. The van der Waals surface area contributed by atoms with Gasteiger partial charge in [-0.25, -0.2) is 0 Å². The average Bonchev–Trinajstić information content (AvgIpc) is 2.31. The average molecular weight is 252 g/mol. The third-order valence-electron chi connectivity index (χ3n) is 3.48. The summed E-state index contributed by atoms with van der Waals surface area (Å²) in [5, 5.41) is 12.2. The SMILES string of the molecule is CC(C)CC(N)C(=O)NC1(C#N)CCN(C)CC1. The Morgan fingerprint density at radius 3 is 2.50 bits per heavy atom. The molecule has 0 radical (unpaired) electrons. The van der Waals surface area contributed by atoms with Crippen molar-refractivity contribution in [3.8, 4) is 6.07 Å². The lowest BCUT2D eigenvalue weighted by atomic mass is 9.88. The number of hydrogen-bond acceptors (Lipinski definition) is 4. The van der Waals surface area contributed by atoms with Gasteiger partial charge in [0.25, 0.3) is 0 Å². The fraction of sp³-hybridized carbons (Fsp3) is 0.846. The molecule has 0 aromatic carbocycles. The molecule has 1 aliphatic rings. The van der Waals surface area contributed by atoms with Crippen molar-refractivity contribution in [3.05, 3.63) is 0 Å². The number of nitrogens with zero attached hydrogens (tertiary/aromatic N) is 2. The number of nitrogens with two attached hydrogens (primary N) is 1. The monoisotopic (exact) mass is 252 g/mol. The van der Waals surface area contributed by atoms with Gasteiger partial charge in [0, 0.05) is 13.1 Å². The number of carbonyl (C=O) groups excluding carboxylic acids is 1. The second-order valence-corrected chi connectivity index (χ2v) is 5.72. The van der Waals surface area contributed by atoms with Gasteiger partial charge in [-0.05, 0) is 32.2 Å². The van der Waals surface area contributed by atoms with E-state index in [0.717, 1.165) is 13.1 Å². The summed E-state index contributed by atoms with van der Waals surface area (Å²) >= 11 is 0. The minimum atomic E-state index is -0.724. The largest absolute Gasteiger partial charge is 0.336 e. The number of nitrogens with one attached hydrogen (secondary N) is 1. The van der Waals surface area contributed by atoms with Crippen LogP contribution in [0.4, 0.5) is 0 Å². The molecular weight excluding hydrogens is 228 g/mol. The Morgan fingerprint density at radius 1 is 1.50 bits per heavy atom. The van der Waals surface area contributed by atoms with Gasteiger partial charge < -0.3 is 16.0 Å². The Bertz CT molecular complexity index is 326. The van der Waals surface area contributed by atoms with Crippen LogP contribution in [0.2, 0.25) is 0 Å². The molecular formula is C13H24N4O. The minimum absolute atomic E-state index is 0.199. The van der Waals surface area contributed by atoms with Crippen molar-refractivity contribution < 1.29 is 4.79 Å². The molecule has 102 valence electrons. The highest BCUT2D eigenvalue weighted by Gasteiger charge is 2.36. The normalized spacial score (nSPS) is 21.3. The van der Waals surface area contributed by atoms with E-state index in [1.165, 1.54) is 0 Å².